The molecule has 0 aliphatic heterocycles. The Hall–Kier alpha value is -2.97. The smallest absolute Gasteiger partial charge is 0.306 e. The van der Waals surface area contributed by atoms with Crippen LogP contribution in [-0.4, -0.2) is 47.9 Å². The summed E-state index contributed by atoms with van der Waals surface area (Å²) in [6.45, 7) is -0.588. The predicted molar refractivity (Wildman–Crippen MR) is 121 cm³/mol. The molecule has 9 heteroatoms. The third-order valence-electron chi connectivity index (χ3n) is 4.42. The van der Waals surface area contributed by atoms with E-state index in [1.165, 1.54) is 11.9 Å². The first kappa shape index (κ1) is 22.7. The number of hydrogen-bond donors (Lipinski definition) is 1. The van der Waals surface area contributed by atoms with Crippen LogP contribution in [0.5, 0.6) is 0 Å². The maximum absolute atomic E-state index is 12.1. The van der Waals surface area contributed by atoms with E-state index >= 15 is 0 Å². The number of esters is 1. The number of anilines is 1. The molecule has 0 radical (unpaired) electrons. The number of aryl methyl sites for hydroxylation is 1. The van der Waals surface area contributed by atoms with Crippen molar-refractivity contribution in [2.24, 2.45) is 0 Å². The molecule has 3 rings (SSSR count). The summed E-state index contributed by atoms with van der Waals surface area (Å²) in [4.78, 5) is 41.9. The number of hydrogen-bond acceptors (Lipinski definition) is 6. The molecule has 0 aliphatic carbocycles. The van der Waals surface area contributed by atoms with Gasteiger partial charge >= 0.3 is 5.97 Å². The average Bonchev–Trinajstić information content (AvgIpc) is 3.16. The van der Waals surface area contributed by atoms with Crippen molar-refractivity contribution in [1.29, 1.82) is 0 Å². The fourth-order valence-electron chi connectivity index (χ4n) is 2.79. The fourth-order valence-corrected chi connectivity index (χ4v) is 3.98. The van der Waals surface area contributed by atoms with Crippen LogP contribution in [-0.2, 0) is 25.5 Å². The van der Waals surface area contributed by atoms with Crippen molar-refractivity contribution in [2.75, 3.05) is 25.5 Å². The van der Waals surface area contributed by atoms with Crippen molar-refractivity contribution in [3.8, 4) is 0 Å². The van der Waals surface area contributed by atoms with Crippen molar-refractivity contribution in [1.82, 2.24) is 9.88 Å². The lowest BCUT2D eigenvalue weighted by Crippen LogP contribution is -2.37. The highest BCUT2D eigenvalue weighted by atomic mass is 35.5. The first-order chi connectivity index (χ1) is 14.9. The molecule has 0 unspecified atom stereocenters. The summed E-state index contributed by atoms with van der Waals surface area (Å²) in [6, 6.07) is 14.7. The highest BCUT2D eigenvalue weighted by Gasteiger charge is 2.16. The minimum atomic E-state index is -0.464. The molecule has 1 N–H and O–H groups in total. The summed E-state index contributed by atoms with van der Waals surface area (Å²) in [5.74, 6) is -1.32. The molecule has 0 saturated heterocycles. The molecular weight excluding hydrogens is 438 g/mol. The Morgan fingerprint density at radius 3 is 2.65 bits per heavy atom. The van der Waals surface area contributed by atoms with Gasteiger partial charge in [-0.3, -0.25) is 14.4 Å². The third-order valence-corrected chi connectivity index (χ3v) is 5.85. The maximum atomic E-state index is 12.1. The Morgan fingerprint density at radius 1 is 1.13 bits per heavy atom. The minimum Gasteiger partial charge on any atom is -0.456 e. The van der Waals surface area contributed by atoms with Crippen LogP contribution in [0, 0.1) is 0 Å². The summed E-state index contributed by atoms with van der Waals surface area (Å²) in [6.07, 6.45) is 1.45. The monoisotopic (exact) mass is 459 g/mol. The lowest BCUT2D eigenvalue weighted by atomic mass is 10.2. The molecule has 0 bridgehead atoms. The Labute approximate surface area is 189 Å². The highest BCUT2D eigenvalue weighted by Crippen LogP contribution is 2.23. The fraction of sp³-hybridized carbons (Fsp3) is 0.273. The molecule has 3 aromatic rings. The number of nitrogens with zero attached hydrogens (tertiary/aromatic N) is 2. The van der Waals surface area contributed by atoms with Gasteiger partial charge in [-0.15, -0.1) is 11.3 Å². The van der Waals surface area contributed by atoms with E-state index in [0.29, 0.717) is 23.6 Å². The van der Waals surface area contributed by atoms with Crippen LogP contribution in [0.2, 0.25) is 5.02 Å². The molecule has 0 atom stereocenters. The zero-order valence-electron chi connectivity index (χ0n) is 17.0. The standard InChI is InChI=1S/C22H22ClN3O4S/c1-26(13-19(27)24-16-8-3-2-7-15(16)23)21(28)14-30-22(29)12-6-11-20-25-17-9-4-5-10-18(17)31-20/h2-5,7-10H,6,11-14H2,1H3,(H,24,27). The number of carbonyl (C=O) groups excluding carboxylic acids is 3. The van der Waals surface area contributed by atoms with Crippen LogP contribution in [0.3, 0.4) is 0 Å². The zero-order chi connectivity index (χ0) is 22.2. The van der Waals surface area contributed by atoms with Gasteiger partial charge in [-0.25, -0.2) is 4.98 Å². The molecule has 0 spiro atoms. The van der Waals surface area contributed by atoms with Crippen LogP contribution in [0.1, 0.15) is 17.8 Å². The Bertz CT molecular complexity index is 1050. The van der Waals surface area contributed by atoms with Gasteiger partial charge in [0.25, 0.3) is 5.91 Å². The number of ether oxygens (including phenoxy) is 1. The van der Waals surface area contributed by atoms with Crippen molar-refractivity contribution < 1.29 is 19.1 Å². The van der Waals surface area contributed by atoms with Gasteiger partial charge in [0.2, 0.25) is 5.91 Å². The second-order valence-corrected chi connectivity index (χ2v) is 8.39. The van der Waals surface area contributed by atoms with E-state index in [1.807, 2.05) is 24.3 Å². The number of para-hydroxylation sites is 2. The lowest BCUT2D eigenvalue weighted by molar-refractivity contribution is -0.151. The van der Waals surface area contributed by atoms with Gasteiger partial charge in [0.1, 0.15) is 0 Å². The number of carbonyl (C=O) groups is 3. The molecule has 0 aliphatic rings. The van der Waals surface area contributed by atoms with Crippen LogP contribution < -0.4 is 5.32 Å². The summed E-state index contributed by atoms with van der Waals surface area (Å²) < 4.78 is 6.16. The Balaban J connectivity index is 1.35. The number of nitrogens with one attached hydrogen (secondary N) is 1. The van der Waals surface area contributed by atoms with E-state index in [9.17, 15) is 14.4 Å². The van der Waals surface area contributed by atoms with Crippen LogP contribution in [0.15, 0.2) is 48.5 Å². The van der Waals surface area contributed by atoms with Gasteiger partial charge in [0.05, 0.1) is 32.5 Å². The van der Waals surface area contributed by atoms with Gasteiger partial charge in [-0.1, -0.05) is 35.9 Å². The number of aromatic nitrogens is 1. The van der Waals surface area contributed by atoms with Crippen molar-refractivity contribution in [2.45, 2.75) is 19.3 Å². The van der Waals surface area contributed by atoms with E-state index in [4.69, 9.17) is 16.3 Å². The van der Waals surface area contributed by atoms with E-state index in [0.717, 1.165) is 15.2 Å². The van der Waals surface area contributed by atoms with E-state index in [2.05, 4.69) is 10.3 Å². The second-order valence-electron chi connectivity index (χ2n) is 6.87. The number of benzene rings is 2. The molecule has 1 aromatic heterocycles. The summed E-state index contributed by atoms with van der Waals surface area (Å²) >= 11 is 7.61. The van der Waals surface area contributed by atoms with Crippen molar-refractivity contribution in [3.63, 3.8) is 0 Å². The topological polar surface area (TPSA) is 88.6 Å². The highest BCUT2D eigenvalue weighted by molar-refractivity contribution is 7.18. The minimum absolute atomic E-state index is 0.181. The Kier molecular flexibility index (Phi) is 7.97. The van der Waals surface area contributed by atoms with Crippen molar-refractivity contribution >= 4 is 56.6 Å². The molecule has 31 heavy (non-hydrogen) atoms. The molecular formula is C22H22ClN3O4S. The van der Waals surface area contributed by atoms with E-state index in [-0.39, 0.29) is 13.0 Å². The lowest BCUT2D eigenvalue weighted by Gasteiger charge is -2.17. The molecule has 2 aromatic carbocycles. The van der Waals surface area contributed by atoms with Crippen LogP contribution in [0.25, 0.3) is 10.2 Å². The first-order valence-electron chi connectivity index (χ1n) is 9.71. The molecule has 0 fully saturated rings. The summed E-state index contributed by atoms with van der Waals surface area (Å²) in [5, 5.41) is 4.01. The normalized spacial score (nSPS) is 10.6. The van der Waals surface area contributed by atoms with Gasteiger partial charge in [-0.2, -0.15) is 0 Å². The third kappa shape index (κ3) is 6.77. The maximum Gasteiger partial charge on any atom is 0.306 e. The molecule has 162 valence electrons. The Morgan fingerprint density at radius 2 is 1.87 bits per heavy atom. The zero-order valence-corrected chi connectivity index (χ0v) is 18.5. The van der Waals surface area contributed by atoms with E-state index in [1.54, 1.807) is 35.6 Å². The summed E-state index contributed by atoms with van der Waals surface area (Å²) in [5.41, 5.74) is 1.42. The number of fused-ring (bicyclic) bond motifs is 1. The number of amides is 2. The molecule has 7 nitrogen and oxygen atoms in total. The average molecular weight is 460 g/mol. The quantitative estimate of drug-likeness (QED) is 0.490. The van der Waals surface area contributed by atoms with Crippen LogP contribution >= 0.6 is 22.9 Å². The largest absolute Gasteiger partial charge is 0.456 e. The first-order valence-corrected chi connectivity index (χ1v) is 10.9. The van der Waals surface area contributed by atoms with Gasteiger partial charge in [0, 0.05) is 13.5 Å². The van der Waals surface area contributed by atoms with Gasteiger partial charge in [-0.05, 0) is 37.1 Å². The number of likely N-dealkylation sites (N-methyl/N-ethyl adjacent to an activating group) is 1. The van der Waals surface area contributed by atoms with Crippen molar-refractivity contribution in [3.05, 3.63) is 58.6 Å². The van der Waals surface area contributed by atoms with Crippen LogP contribution in [0.4, 0.5) is 5.69 Å². The second kappa shape index (κ2) is 10.9. The van der Waals surface area contributed by atoms with Gasteiger partial charge in [0.15, 0.2) is 6.61 Å². The summed E-state index contributed by atoms with van der Waals surface area (Å²) in [7, 11) is 1.47. The SMILES string of the molecule is CN(CC(=O)Nc1ccccc1Cl)C(=O)COC(=O)CCCc1nc2ccccc2s1. The predicted octanol–water partition coefficient (Wildman–Crippen LogP) is 3.91. The number of halogens is 1. The molecule has 2 amide bonds. The number of thiazole rings is 1. The van der Waals surface area contributed by atoms with Gasteiger partial charge < -0.3 is 15.0 Å². The molecule has 1 heterocycles. The number of rotatable bonds is 9. The molecule has 0 saturated carbocycles. The van der Waals surface area contributed by atoms with E-state index < -0.39 is 24.4 Å².